The van der Waals surface area contributed by atoms with Gasteiger partial charge in [0.15, 0.2) is 0 Å². The predicted octanol–water partition coefficient (Wildman–Crippen LogP) is 2.26. The Labute approximate surface area is 107 Å². The van der Waals surface area contributed by atoms with Crippen molar-refractivity contribution in [3.05, 3.63) is 0 Å². The van der Waals surface area contributed by atoms with Crippen molar-refractivity contribution in [2.24, 2.45) is 0 Å². The van der Waals surface area contributed by atoms with Gasteiger partial charge in [-0.3, -0.25) is 4.90 Å². The van der Waals surface area contributed by atoms with Gasteiger partial charge in [0, 0.05) is 30.2 Å². The molecule has 1 heterocycles. The van der Waals surface area contributed by atoms with Gasteiger partial charge in [0.05, 0.1) is 13.2 Å². The SMILES string of the molecule is CCC(CNC(C)(C)C)N1CCOCC1(C)C. The summed E-state index contributed by atoms with van der Waals surface area (Å²) in [6, 6.07) is 0.605. The van der Waals surface area contributed by atoms with E-state index in [0.29, 0.717) is 6.04 Å². The van der Waals surface area contributed by atoms with Gasteiger partial charge in [-0.05, 0) is 41.0 Å². The third kappa shape index (κ3) is 4.57. The second-order valence-corrected chi connectivity index (χ2v) is 6.75. The fraction of sp³-hybridized carbons (Fsp3) is 1.00. The zero-order chi connectivity index (χ0) is 13.1. The van der Waals surface area contributed by atoms with Gasteiger partial charge in [-0.25, -0.2) is 0 Å². The van der Waals surface area contributed by atoms with Gasteiger partial charge in [-0.15, -0.1) is 0 Å². The lowest BCUT2D eigenvalue weighted by Gasteiger charge is -2.47. The third-order valence-corrected chi connectivity index (χ3v) is 3.49. The molecule has 0 bridgehead atoms. The molecular formula is C14H30N2O. The molecule has 0 aliphatic carbocycles. The highest BCUT2D eigenvalue weighted by atomic mass is 16.5. The summed E-state index contributed by atoms with van der Waals surface area (Å²) in [5.41, 5.74) is 0.363. The smallest absolute Gasteiger partial charge is 0.0645 e. The average molecular weight is 242 g/mol. The molecule has 1 aliphatic rings. The van der Waals surface area contributed by atoms with Crippen LogP contribution in [-0.4, -0.2) is 48.3 Å². The van der Waals surface area contributed by atoms with Crippen LogP contribution in [0.5, 0.6) is 0 Å². The topological polar surface area (TPSA) is 24.5 Å². The minimum Gasteiger partial charge on any atom is -0.378 e. The van der Waals surface area contributed by atoms with Crippen molar-refractivity contribution in [3.63, 3.8) is 0 Å². The molecule has 3 heteroatoms. The van der Waals surface area contributed by atoms with Crippen LogP contribution in [0, 0.1) is 0 Å². The first kappa shape index (κ1) is 14.9. The largest absolute Gasteiger partial charge is 0.378 e. The first-order valence-corrected chi connectivity index (χ1v) is 6.86. The average Bonchev–Trinajstić information content (AvgIpc) is 2.19. The van der Waals surface area contributed by atoms with Gasteiger partial charge >= 0.3 is 0 Å². The van der Waals surface area contributed by atoms with Gasteiger partial charge < -0.3 is 10.1 Å². The van der Waals surface area contributed by atoms with E-state index in [9.17, 15) is 0 Å². The van der Waals surface area contributed by atoms with Crippen LogP contribution >= 0.6 is 0 Å². The Morgan fingerprint density at radius 2 is 2.00 bits per heavy atom. The number of nitrogens with one attached hydrogen (secondary N) is 1. The molecule has 0 amide bonds. The lowest BCUT2D eigenvalue weighted by atomic mass is 9.97. The number of hydrogen-bond acceptors (Lipinski definition) is 3. The molecule has 0 radical (unpaired) electrons. The van der Waals surface area contributed by atoms with Crippen LogP contribution in [0.15, 0.2) is 0 Å². The Morgan fingerprint density at radius 1 is 1.35 bits per heavy atom. The molecule has 0 aromatic heterocycles. The van der Waals surface area contributed by atoms with E-state index in [4.69, 9.17) is 4.74 Å². The van der Waals surface area contributed by atoms with Gasteiger partial charge in [-0.1, -0.05) is 6.92 Å². The second kappa shape index (κ2) is 5.68. The van der Waals surface area contributed by atoms with E-state index in [1.54, 1.807) is 0 Å². The standard InChI is InChI=1S/C14H30N2O/c1-7-12(10-15-13(2,3)4)16-8-9-17-11-14(16,5)6/h12,15H,7-11H2,1-6H3. The maximum Gasteiger partial charge on any atom is 0.0645 e. The van der Waals surface area contributed by atoms with Crippen LogP contribution in [-0.2, 0) is 4.74 Å². The third-order valence-electron chi connectivity index (χ3n) is 3.49. The van der Waals surface area contributed by atoms with E-state index in [1.807, 2.05) is 0 Å². The van der Waals surface area contributed by atoms with Crippen LogP contribution < -0.4 is 5.32 Å². The summed E-state index contributed by atoms with van der Waals surface area (Å²) < 4.78 is 5.59. The molecule has 1 unspecified atom stereocenters. The highest BCUT2D eigenvalue weighted by Crippen LogP contribution is 2.23. The van der Waals surface area contributed by atoms with E-state index in [0.717, 1.165) is 26.3 Å². The summed E-state index contributed by atoms with van der Waals surface area (Å²) in [4.78, 5) is 2.61. The Morgan fingerprint density at radius 3 is 2.47 bits per heavy atom. The van der Waals surface area contributed by atoms with Crippen molar-refractivity contribution in [3.8, 4) is 0 Å². The zero-order valence-corrected chi connectivity index (χ0v) is 12.5. The van der Waals surface area contributed by atoms with Crippen molar-refractivity contribution < 1.29 is 4.74 Å². The molecular weight excluding hydrogens is 212 g/mol. The molecule has 1 atom stereocenters. The van der Waals surface area contributed by atoms with Crippen molar-refractivity contribution in [2.75, 3.05) is 26.3 Å². The highest BCUT2D eigenvalue weighted by molar-refractivity contribution is 4.90. The van der Waals surface area contributed by atoms with Crippen LogP contribution in [0.2, 0.25) is 0 Å². The number of rotatable bonds is 4. The fourth-order valence-corrected chi connectivity index (χ4v) is 2.45. The van der Waals surface area contributed by atoms with E-state index in [1.165, 1.54) is 6.42 Å². The van der Waals surface area contributed by atoms with Gasteiger partial charge in [0.1, 0.15) is 0 Å². The van der Waals surface area contributed by atoms with E-state index < -0.39 is 0 Å². The molecule has 1 rings (SSSR count). The van der Waals surface area contributed by atoms with Crippen molar-refractivity contribution in [2.45, 2.75) is 65.1 Å². The molecule has 1 aliphatic heterocycles. The van der Waals surface area contributed by atoms with E-state index >= 15 is 0 Å². The number of nitrogens with zero attached hydrogens (tertiary/aromatic N) is 1. The maximum absolute atomic E-state index is 5.59. The van der Waals surface area contributed by atoms with Crippen LogP contribution in [0.1, 0.15) is 48.0 Å². The number of hydrogen-bond donors (Lipinski definition) is 1. The molecule has 1 saturated heterocycles. The summed E-state index contributed by atoms with van der Waals surface area (Å²) in [7, 11) is 0. The Kier molecular flexibility index (Phi) is 4.99. The highest BCUT2D eigenvalue weighted by Gasteiger charge is 2.34. The monoisotopic (exact) mass is 242 g/mol. The van der Waals surface area contributed by atoms with Crippen molar-refractivity contribution in [1.82, 2.24) is 10.2 Å². The first-order chi connectivity index (χ1) is 7.76. The normalized spacial score (nSPS) is 23.6. The van der Waals surface area contributed by atoms with Gasteiger partial charge in [-0.2, -0.15) is 0 Å². The summed E-state index contributed by atoms with van der Waals surface area (Å²) in [5.74, 6) is 0. The molecule has 1 N–H and O–H groups in total. The molecule has 17 heavy (non-hydrogen) atoms. The molecule has 1 fully saturated rings. The van der Waals surface area contributed by atoms with E-state index in [2.05, 4.69) is 51.8 Å². The quantitative estimate of drug-likeness (QED) is 0.818. The second-order valence-electron chi connectivity index (χ2n) is 6.75. The Hall–Kier alpha value is -0.120. The molecule has 0 aromatic carbocycles. The van der Waals surface area contributed by atoms with Crippen LogP contribution in [0.25, 0.3) is 0 Å². The first-order valence-electron chi connectivity index (χ1n) is 6.86. The molecule has 0 aromatic rings. The summed E-state index contributed by atoms with van der Waals surface area (Å²) in [6.45, 7) is 17.4. The zero-order valence-electron chi connectivity index (χ0n) is 12.5. The minimum absolute atomic E-state index is 0.165. The van der Waals surface area contributed by atoms with Crippen molar-refractivity contribution in [1.29, 1.82) is 0 Å². The number of morpholine rings is 1. The summed E-state index contributed by atoms with van der Waals surface area (Å²) >= 11 is 0. The summed E-state index contributed by atoms with van der Waals surface area (Å²) in [5, 5.41) is 3.63. The number of ether oxygens (including phenoxy) is 1. The van der Waals surface area contributed by atoms with Crippen LogP contribution in [0.4, 0.5) is 0 Å². The van der Waals surface area contributed by atoms with Crippen molar-refractivity contribution >= 4 is 0 Å². The lowest BCUT2D eigenvalue weighted by molar-refractivity contribution is -0.0728. The van der Waals surface area contributed by atoms with Gasteiger partial charge in [0.25, 0.3) is 0 Å². The Balaban J connectivity index is 2.59. The minimum atomic E-state index is 0.165. The summed E-state index contributed by atoms with van der Waals surface area (Å²) in [6.07, 6.45) is 1.19. The van der Waals surface area contributed by atoms with Gasteiger partial charge in [0.2, 0.25) is 0 Å². The van der Waals surface area contributed by atoms with Crippen LogP contribution in [0.3, 0.4) is 0 Å². The maximum atomic E-state index is 5.59. The lowest BCUT2D eigenvalue weighted by Crippen LogP contribution is -2.60. The molecule has 0 spiro atoms. The molecule has 102 valence electrons. The molecule has 0 saturated carbocycles. The Bertz CT molecular complexity index is 233. The fourth-order valence-electron chi connectivity index (χ4n) is 2.45. The van der Waals surface area contributed by atoms with E-state index in [-0.39, 0.29) is 11.1 Å². The molecule has 3 nitrogen and oxygen atoms in total. The predicted molar refractivity (Wildman–Crippen MR) is 73.4 cm³/mol.